The topological polar surface area (TPSA) is 111 Å². The first-order valence-electron chi connectivity index (χ1n) is 8.59. The molecule has 1 aromatic heterocycles. The highest BCUT2D eigenvalue weighted by molar-refractivity contribution is 8.01. The molecule has 1 aliphatic rings. The van der Waals surface area contributed by atoms with E-state index in [0.29, 0.717) is 36.3 Å². The van der Waals surface area contributed by atoms with E-state index in [-0.39, 0.29) is 24.2 Å². The van der Waals surface area contributed by atoms with E-state index in [1.54, 1.807) is 36.3 Å². The van der Waals surface area contributed by atoms with Crippen LogP contribution in [0.5, 0.6) is 11.5 Å². The van der Waals surface area contributed by atoms with Crippen LogP contribution in [0.4, 0.5) is 5.13 Å². The Morgan fingerprint density at radius 2 is 1.82 bits per heavy atom. The number of anilines is 1. The molecular weight excluding hydrogens is 402 g/mol. The lowest BCUT2D eigenvalue weighted by Gasteiger charge is -2.34. The summed E-state index contributed by atoms with van der Waals surface area (Å²) >= 11 is 2.70. The number of piperazine rings is 1. The number of nitrogens with two attached hydrogens (primary N) is 1. The number of nitrogens with zero attached hydrogens (tertiary/aromatic N) is 4. The highest BCUT2D eigenvalue weighted by Crippen LogP contribution is 2.28. The molecule has 1 aromatic carbocycles. The molecule has 1 aliphatic heterocycles. The second-order valence-electron chi connectivity index (χ2n) is 5.94. The first kappa shape index (κ1) is 20.2. The van der Waals surface area contributed by atoms with Crippen LogP contribution in [0.2, 0.25) is 0 Å². The second-order valence-corrected chi connectivity index (χ2v) is 8.12. The van der Waals surface area contributed by atoms with Crippen molar-refractivity contribution in [2.24, 2.45) is 5.73 Å². The summed E-state index contributed by atoms with van der Waals surface area (Å²) in [5.41, 5.74) is 5.14. The molecule has 28 heavy (non-hydrogen) atoms. The first-order chi connectivity index (χ1) is 13.5. The van der Waals surface area contributed by atoms with Crippen molar-refractivity contribution in [2.75, 3.05) is 50.5 Å². The molecule has 0 radical (unpaired) electrons. The molecule has 1 saturated heterocycles. The molecule has 1 fully saturated rings. The van der Waals surface area contributed by atoms with E-state index in [4.69, 9.17) is 15.2 Å². The maximum atomic E-state index is 12.4. The Morgan fingerprint density at radius 1 is 1.14 bits per heavy atom. The van der Waals surface area contributed by atoms with Crippen LogP contribution in [-0.2, 0) is 9.59 Å². The zero-order valence-electron chi connectivity index (χ0n) is 15.4. The molecule has 0 unspecified atom stereocenters. The van der Waals surface area contributed by atoms with E-state index >= 15 is 0 Å². The van der Waals surface area contributed by atoms with Crippen molar-refractivity contribution < 1.29 is 19.1 Å². The molecule has 0 bridgehead atoms. The monoisotopic (exact) mass is 423 g/mol. The maximum Gasteiger partial charge on any atom is 0.260 e. The zero-order chi connectivity index (χ0) is 19.9. The summed E-state index contributed by atoms with van der Waals surface area (Å²) in [6, 6.07) is 7.12. The van der Waals surface area contributed by atoms with Crippen LogP contribution in [0, 0.1) is 0 Å². The molecule has 9 nitrogen and oxygen atoms in total. The van der Waals surface area contributed by atoms with Crippen LogP contribution in [0.3, 0.4) is 0 Å². The third kappa shape index (κ3) is 5.49. The van der Waals surface area contributed by atoms with Crippen molar-refractivity contribution in [3.8, 4) is 11.5 Å². The zero-order valence-corrected chi connectivity index (χ0v) is 17.0. The second kappa shape index (κ2) is 9.60. The summed E-state index contributed by atoms with van der Waals surface area (Å²) in [5, 5.41) is 9.01. The minimum atomic E-state index is -0.384. The van der Waals surface area contributed by atoms with Crippen molar-refractivity contribution in [3.63, 3.8) is 0 Å². The standard InChI is InChI=1S/C17H21N5O4S2/c1-25-12-2-4-13(5-3-12)26-10-15(24)21-6-8-22(9-7-21)16-19-20-17(28-16)27-11-14(18)23/h2-5H,6-11H2,1H3,(H2,18,23). The Morgan fingerprint density at radius 3 is 2.46 bits per heavy atom. The number of carbonyl (C=O) groups excluding carboxylic acids is 2. The SMILES string of the molecule is COc1ccc(OCC(=O)N2CCN(c3nnc(SCC(N)=O)s3)CC2)cc1. The van der Waals surface area contributed by atoms with E-state index in [2.05, 4.69) is 15.1 Å². The van der Waals surface area contributed by atoms with Crippen LogP contribution in [0.15, 0.2) is 28.6 Å². The van der Waals surface area contributed by atoms with E-state index in [0.717, 1.165) is 10.9 Å². The Hall–Kier alpha value is -2.53. The number of benzene rings is 1. The third-order valence-electron chi connectivity index (χ3n) is 4.06. The van der Waals surface area contributed by atoms with Gasteiger partial charge >= 0.3 is 0 Å². The number of amides is 2. The molecule has 2 N–H and O–H groups in total. The summed E-state index contributed by atoms with van der Waals surface area (Å²) in [7, 11) is 1.60. The van der Waals surface area contributed by atoms with Crippen molar-refractivity contribution >= 4 is 40.0 Å². The van der Waals surface area contributed by atoms with E-state index in [1.165, 1.54) is 23.1 Å². The molecular formula is C17H21N5O4S2. The fourth-order valence-corrected chi connectivity index (χ4v) is 4.21. The highest BCUT2D eigenvalue weighted by atomic mass is 32.2. The van der Waals surface area contributed by atoms with E-state index < -0.39 is 0 Å². The Labute approximate surface area is 170 Å². The van der Waals surface area contributed by atoms with Gasteiger partial charge in [-0.05, 0) is 24.3 Å². The summed E-state index contributed by atoms with van der Waals surface area (Å²) in [6.07, 6.45) is 0. The molecule has 150 valence electrons. The van der Waals surface area contributed by atoms with Crippen LogP contribution in [-0.4, -0.2) is 72.6 Å². The predicted molar refractivity (Wildman–Crippen MR) is 107 cm³/mol. The largest absolute Gasteiger partial charge is 0.497 e. The lowest BCUT2D eigenvalue weighted by atomic mass is 10.3. The van der Waals surface area contributed by atoms with Gasteiger partial charge in [0.2, 0.25) is 11.0 Å². The average Bonchev–Trinajstić information content (AvgIpc) is 3.20. The van der Waals surface area contributed by atoms with Crippen LogP contribution < -0.4 is 20.1 Å². The Kier molecular flexibility index (Phi) is 6.93. The van der Waals surface area contributed by atoms with Crippen LogP contribution >= 0.6 is 23.1 Å². The number of aromatic nitrogens is 2. The molecule has 0 atom stereocenters. The van der Waals surface area contributed by atoms with Gasteiger partial charge in [-0.3, -0.25) is 9.59 Å². The first-order valence-corrected chi connectivity index (χ1v) is 10.4. The van der Waals surface area contributed by atoms with Gasteiger partial charge < -0.3 is 25.0 Å². The fraction of sp³-hybridized carbons (Fsp3) is 0.412. The maximum absolute atomic E-state index is 12.4. The summed E-state index contributed by atoms with van der Waals surface area (Å²) < 4.78 is 11.4. The highest BCUT2D eigenvalue weighted by Gasteiger charge is 2.23. The summed E-state index contributed by atoms with van der Waals surface area (Å²) in [4.78, 5) is 27.1. The summed E-state index contributed by atoms with van der Waals surface area (Å²) in [5.74, 6) is 1.12. The lowest BCUT2D eigenvalue weighted by Crippen LogP contribution is -2.50. The number of rotatable bonds is 8. The van der Waals surface area contributed by atoms with Gasteiger partial charge in [0.05, 0.1) is 12.9 Å². The summed E-state index contributed by atoms with van der Waals surface area (Å²) in [6.45, 7) is 2.52. The minimum absolute atomic E-state index is 0.000951. The number of primary amides is 1. The van der Waals surface area contributed by atoms with Gasteiger partial charge in [-0.25, -0.2) is 0 Å². The van der Waals surface area contributed by atoms with Gasteiger partial charge in [0.25, 0.3) is 5.91 Å². The number of hydrogen-bond acceptors (Lipinski definition) is 9. The van der Waals surface area contributed by atoms with Crippen LogP contribution in [0.25, 0.3) is 0 Å². The number of hydrogen-bond donors (Lipinski definition) is 1. The third-order valence-corrected chi connectivity index (χ3v) is 6.20. The van der Waals surface area contributed by atoms with Crippen molar-refractivity contribution in [2.45, 2.75) is 4.34 Å². The number of thioether (sulfide) groups is 1. The normalized spacial score (nSPS) is 14.0. The molecule has 2 amide bonds. The van der Waals surface area contributed by atoms with Gasteiger partial charge in [-0.15, -0.1) is 10.2 Å². The van der Waals surface area contributed by atoms with Gasteiger partial charge in [0.1, 0.15) is 11.5 Å². The Balaban J connectivity index is 1.44. The van der Waals surface area contributed by atoms with Crippen molar-refractivity contribution in [3.05, 3.63) is 24.3 Å². The van der Waals surface area contributed by atoms with E-state index in [9.17, 15) is 9.59 Å². The van der Waals surface area contributed by atoms with Gasteiger partial charge in [-0.2, -0.15) is 0 Å². The van der Waals surface area contributed by atoms with Crippen molar-refractivity contribution in [1.29, 1.82) is 0 Å². The van der Waals surface area contributed by atoms with Gasteiger partial charge in [-0.1, -0.05) is 23.1 Å². The molecule has 2 aromatic rings. The van der Waals surface area contributed by atoms with Crippen LogP contribution in [0.1, 0.15) is 0 Å². The van der Waals surface area contributed by atoms with Gasteiger partial charge in [0.15, 0.2) is 10.9 Å². The molecule has 0 aliphatic carbocycles. The van der Waals surface area contributed by atoms with Crippen molar-refractivity contribution in [1.82, 2.24) is 15.1 Å². The quantitative estimate of drug-likeness (QED) is 0.622. The number of ether oxygens (including phenoxy) is 2. The molecule has 3 rings (SSSR count). The minimum Gasteiger partial charge on any atom is -0.497 e. The molecule has 11 heteroatoms. The van der Waals surface area contributed by atoms with E-state index in [1.807, 2.05) is 0 Å². The average molecular weight is 424 g/mol. The smallest absolute Gasteiger partial charge is 0.260 e. The molecule has 0 saturated carbocycles. The molecule has 0 spiro atoms. The Bertz CT molecular complexity index is 806. The fourth-order valence-electron chi connectivity index (χ4n) is 2.58. The molecule has 2 heterocycles. The van der Waals surface area contributed by atoms with Gasteiger partial charge in [0, 0.05) is 26.2 Å². The predicted octanol–water partition coefficient (Wildman–Crippen LogP) is 0.852. The number of methoxy groups -OCH3 is 1. The lowest BCUT2D eigenvalue weighted by molar-refractivity contribution is -0.133. The number of carbonyl (C=O) groups is 2.